The fourth-order valence-electron chi connectivity index (χ4n) is 5.26. The maximum absolute atomic E-state index is 13.4. The molecule has 1 atom stereocenters. The van der Waals surface area contributed by atoms with Crippen LogP contribution < -0.4 is 11.1 Å². The number of fused-ring (bicyclic) bond motifs is 2. The average molecular weight is 552 g/mol. The Morgan fingerprint density at radius 2 is 1.93 bits per heavy atom. The van der Waals surface area contributed by atoms with Gasteiger partial charge in [0.05, 0.1) is 28.7 Å². The number of aliphatic carboxylic acids is 1. The van der Waals surface area contributed by atoms with E-state index in [1.807, 2.05) is 35.0 Å². The number of carbonyl (C=O) groups is 2. The lowest BCUT2D eigenvalue weighted by atomic mass is 9.84. The van der Waals surface area contributed by atoms with Crippen molar-refractivity contribution in [3.05, 3.63) is 83.1 Å². The number of hydrogen-bond acceptors (Lipinski definition) is 8. The number of amides is 1. The summed E-state index contributed by atoms with van der Waals surface area (Å²) >= 11 is 0. The van der Waals surface area contributed by atoms with E-state index >= 15 is 0 Å². The van der Waals surface area contributed by atoms with Crippen molar-refractivity contribution >= 4 is 34.4 Å². The molecule has 0 radical (unpaired) electrons. The third kappa shape index (κ3) is 4.30. The Kier molecular flexibility index (Phi) is 5.91. The van der Waals surface area contributed by atoms with Gasteiger partial charge < -0.3 is 20.6 Å². The summed E-state index contributed by atoms with van der Waals surface area (Å²) < 4.78 is 7.61. The molecular weight excluding hydrogens is 522 g/mol. The average Bonchev–Trinajstić information content (AvgIpc) is 3.59. The molecule has 4 heterocycles. The summed E-state index contributed by atoms with van der Waals surface area (Å²) in [6.45, 7) is 7.44. The molecule has 1 unspecified atom stereocenters. The number of carboxylic acid groups (broad SMARTS) is 1. The van der Waals surface area contributed by atoms with Gasteiger partial charge in [-0.15, -0.1) is 0 Å². The van der Waals surface area contributed by atoms with Crippen molar-refractivity contribution in [1.82, 2.24) is 24.7 Å². The van der Waals surface area contributed by atoms with E-state index in [9.17, 15) is 14.7 Å². The molecule has 6 rings (SSSR count). The number of nitrogens with zero attached hydrogens (tertiary/aromatic N) is 5. The van der Waals surface area contributed by atoms with Crippen molar-refractivity contribution < 1.29 is 19.1 Å². The van der Waals surface area contributed by atoms with Crippen molar-refractivity contribution in [3.63, 3.8) is 0 Å². The van der Waals surface area contributed by atoms with Crippen molar-refractivity contribution in [2.24, 2.45) is 5.41 Å². The minimum absolute atomic E-state index is 0.0841. The van der Waals surface area contributed by atoms with Gasteiger partial charge in [0.2, 0.25) is 11.8 Å². The first kappa shape index (κ1) is 26.2. The van der Waals surface area contributed by atoms with Gasteiger partial charge in [0, 0.05) is 11.8 Å². The van der Waals surface area contributed by atoms with E-state index in [2.05, 4.69) is 45.4 Å². The molecule has 3 aromatic heterocycles. The number of anilines is 2. The van der Waals surface area contributed by atoms with Gasteiger partial charge in [-0.2, -0.15) is 5.10 Å². The summed E-state index contributed by atoms with van der Waals surface area (Å²) in [4.78, 5) is 38.7. The molecule has 41 heavy (non-hydrogen) atoms. The molecule has 5 aromatic rings. The zero-order chi connectivity index (χ0) is 29.1. The molecular formula is C30H29N7O4. The van der Waals surface area contributed by atoms with Crippen LogP contribution in [0.2, 0.25) is 0 Å². The Bertz CT molecular complexity index is 1850. The Hall–Kier alpha value is -5.06. The first-order chi connectivity index (χ1) is 19.5. The molecule has 0 bridgehead atoms. The summed E-state index contributed by atoms with van der Waals surface area (Å²) in [6, 6.07) is 16.1. The van der Waals surface area contributed by atoms with Crippen LogP contribution in [0.4, 0.5) is 11.6 Å². The molecule has 2 aromatic carbocycles. The number of hydrogen-bond donors (Lipinski definition) is 3. The third-order valence-corrected chi connectivity index (χ3v) is 7.59. The highest BCUT2D eigenvalue weighted by Crippen LogP contribution is 2.45. The number of carboxylic acids is 1. The van der Waals surface area contributed by atoms with Crippen LogP contribution in [0.5, 0.6) is 0 Å². The number of nitrogens with two attached hydrogens (primary N) is 1. The first-order valence-electron chi connectivity index (χ1n) is 13.2. The van der Waals surface area contributed by atoms with Gasteiger partial charge in [0.25, 0.3) is 0 Å². The number of oxazole rings is 1. The molecule has 4 N–H and O–H groups in total. The van der Waals surface area contributed by atoms with Crippen LogP contribution in [0, 0.1) is 12.3 Å². The summed E-state index contributed by atoms with van der Waals surface area (Å²) in [7, 11) is 0. The lowest BCUT2D eigenvalue weighted by molar-refractivity contribution is -0.146. The molecule has 0 spiro atoms. The molecule has 0 fully saturated rings. The Balaban J connectivity index is 1.40. The quantitative estimate of drug-likeness (QED) is 0.267. The molecule has 1 aliphatic rings. The predicted molar refractivity (Wildman–Crippen MR) is 152 cm³/mol. The molecule has 0 saturated heterocycles. The fraction of sp³-hybridized carbons (Fsp3) is 0.267. The second-order valence-electron chi connectivity index (χ2n) is 11.3. The standard InChI is InChI=1S/C30H29N7O4/c1-16-8-7-9-17(12-16)14-37-20-11-6-5-10-19(20)22(36-37)25-33-23(31)21-24(34-25)35-26(38)30(21,4)27-32-18(15-41-27)13-29(2,3)28(39)40/h5-12,15H,13-14H2,1-4H3,(H,39,40)(H3,31,33,34,35,38). The van der Waals surface area contributed by atoms with Crippen molar-refractivity contribution in [2.75, 3.05) is 11.1 Å². The van der Waals surface area contributed by atoms with Crippen LogP contribution in [-0.2, 0) is 28.0 Å². The highest BCUT2D eigenvalue weighted by atomic mass is 16.4. The van der Waals surface area contributed by atoms with Crippen LogP contribution in [0.3, 0.4) is 0 Å². The SMILES string of the molecule is Cc1cccc(Cn2nc(-c3nc(N)c4c(n3)NC(=O)C4(C)c3nc(CC(C)(C)C(=O)O)co3)c3ccccc32)c1. The zero-order valence-corrected chi connectivity index (χ0v) is 23.1. The first-order valence-corrected chi connectivity index (χ1v) is 13.2. The van der Waals surface area contributed by atoms with E-state index in [0.29, 0.717) is 23.5 Å². The lowest BCUT2D eigenvalue weighted by Crippen LogP contribution is -2.33. The largest absolute Gasteiger partial charge is 0.481 e. The van der Waals surface area contributed by atoms with Crippen LogP contribution in [0.25, 0.3) is 22.4 Å². The minimum atomic E-state index is -1.41. The molecule has 0 aliphatic carbocycles. The van der Waals surface area contributed by atoms with Gasteiger partial charge in [-0.1, -0.05) is 48.0 Å². The van der Waals surface area contributed by atoms with Gasteiger partial charge in [0.1, 0.15) is 23.6 Å². The van der Waals surface area contributed by atoms with Crippen LogP contribution >= 0.6 is 0 Å². The van der Waals surface area contributed by atoms with Gasteiger partial charge in [-0.3, -0.25) is 14.3 Å². The summed E-state index contributed by atoms with van der Waals surface area (Å²) in [5.74, 6) is -0.679. The van der Waals surface area contributed by atoms with E-state index < -0.39 is 22.7 Å². The number of nitrogens with one attached hydrogen (secondary N) is 1. The van der Waals surface area contributed by atoms with E-state index in [-0.39, 0.29) is 29.8 Å². The maximum atomic E-state index is 13.4. The Labute approximate surface area is 235 Å². The van der Waals surface area contributed by atoms with Crippen molar-refractivity contribution in [3.8, 4) is 11.5 Å². The maximum Gasteiger partial charge on any atom is 0.309 e. The topological polar surface area (TPSA) is 162 Å². The highest BCUT2D eigenvalue weighted by Gasteiger charge is 2.51. The van der Waals surface area contributed by atoms with Crippen LogP contribution in [0.15, 0.2) is 59.2 Å². The summed E-state index contributed by atoms with van der Waals surface area (Å²) in [5.41, 5.74) is 8.52. The second-order valence-corrected chi connectivity index (χ2v) is 11.3. The van der Waals surface area contributed by atoms with Crippen LogP contribution in [-0.4, -0.2) is 41.7 Å². The molecule has 11 heteroatoms. The van der Waals surface area contributed by atoms with Crippen molar-refractivity contribution in [1.29, 1.82) is 0 Å². The predicted octanol–water partition coefficient (Wildman–Crippen LogP) is 4.33. The number of aromatic nitrogens is 5. The third-order valence-electron chi connectivity index (χ3n) is 7.59. The molecule has 1 amide bonds. The van der Waals surface area contributed by atoms with Crippen LogP contribution in [0.1, 0.15) is 49.0 Å². The summed E-state index contributed by atoms with van der Waals surface area (Å²) in [5, 5.41) is 18.0. The van der Waals surface area contributed by atoms with E-state index in [4.69, 9.17) is 15.2 Å². The minimum Gasteiger partial charge on any atom is -0.481 e. The second kappa shape index (κ2) is 9.26. The van der Waals surface area contributed by atoms with Crippen molar-refractivity contribution in [2.45, 2.75) is 46.1 Å². The number of para-hydroxylation sites is 1. The van der Waals surface area contributed by atoms with E-state index in [1.165, 1.54) is 6.26 Å². The molecule has 0 saturated carbocycles. The molecule has 208 valence electrons. The number of carbonyl (C=O) groups excluding carboxylic acids is 1. The zero-order valence-electron chi connectivity index (χ0n) is 23.1. The lowest BCUT2D eigenvalue weighted by Gasteiger charge is -2.19. The van der Waals surface area contributed by atoms with E-state index in [1.54, 1.807) is 20.8 Å². The molecule has 11 nitrogen and oxygen atoms in total. The Morgan fingerprint density at radius 3 is 2.68 bits per heavy atom. The normalized spacial score (nSPS) is 16.6. The Morgan fingerprint density at radius 1 is 1.15 bits per heavy atom. The number of nitrogen functional groups attached to an aromatic ring is 1. The summed E-state index contributed by atoms with van der Waals surface area (Å²) in [6.07, 6.45) is 1.49. The van der Waals surface area contributed by atoms with Gasteiger partial charge in [-0.25, -0.2) is 15.0 Å². The molecule has 1 aliphatic heterocycles. The monoisotopic (exact) mass is 551 g/mol. The number of rotatable bonds is 7. The number of aryl methyl sites for hydroxylation is 1. The van der Waals surface area contributed by atoms with E-state index in [0.717, 1.165) is 22.0 Å². The number of benzene rings is 2. The van der Waals surface area contributed by atoms with Gasteiger partial charge in [-0.05, 0) is 39.3 Å². The fourth-order valence-corrected chi connectivity index (χ4v) is 5.26. The van der Waals surface area contributed by atoms with Gasteiger partial charge >= 0.3 is 5.97 Å². The van der Waals surface area contributed by atoms with Gasteiger partial charge in [0.15, 0.2) is 11.2 Å². The highest BCUT2D eigenvalue weighted by molar-refractivity contribution is 6.08. The smallest absolute Gasteiger partial charge is 0.309 e.